The number of benzene rings is 1. The zero-order valence-corrected chi connectivity index (χ0v) is 14.4. The van der Waals surface area contributed by atoms with Crippen LogP contribution in [0.5, 0.6) is 5.75 Å². The summed E-state index contributed by atoms with van der Waals surface area (Å²) in [6, 6.07) is 7.33. The van der Waals surface area contributed by atoms with E-state index in [2.05, 4.69) is 22.1 Å². The zero-order chi connectivity index (χ0) is 18.7. The van der Waals surface area contributed by atoms with Gasteiger partial charge in [0, 0.05) is 29.4 Å². The molecule has 2 heterocycles. The SMILES string of the molecule is CC#Cc1cc(F)c(C2C(=O)NC(Cc3ccccn3)C2=O)c(OC)c1. The van der Waals surface area contributed by atoms with Crippen LogP contribution >= 0.6 is 0 Å². The molecule has 5 nitrogen and oxygen atoms in total. The van der Waals surface area contributed by atoms with Gasteiger partial charge in [-0.3, -0.25) is 14.6 Å². The second-order valence-corrected chi connectivity index (χ2v) is 5.87. The lowest BCUT2D eigenvalue weighted by atomic mass is 9.91. The van der Waals surface area contributed by atoms with E-state index < -0.39 is 29.5 Å². The largest absolute Gasteiger partial charge is 0.496 e. The van der Waals surface area contributed by atoms with Crippen molar-refractivity contribution in [2.75, 3.05) is 7.11 Å². The van der Waals surface area contributed by atoms with Gasteiger partial charge in [0.05, 0.1) is 13.2 Å². The van der Waals surface area contributed by atoms with Crippen molar-refractivity contribution in [2.24, 2.45) is 0 Å². The van der Waals surface area contributed by atoms with Gasteiger partial charge in [-0.25, -0.2) is 4.39 Å². The van der Waals surface area contributed by atoms with Gasteiger partial charge in [-0.1, -0.05) is 12.0 Å². The summed E-state index contributed by atoms with van der Waals surface area (Å²) in [4.78, 5) is 29.4. The van der Waals surface area contributed by atoms with Gasteiger partial charge in [0.15, 0.2) is 5.78 Å². The second-order valence-electron chi connectivity index (χ2n) is 5.87. The standard InChI is InChI=1S/C20H17FN2O3/c1-3-6-12-9-14(21)17(16(10-12)26-2)18-19(24)15(23-20(18)25)11-13-7-4-5-8-22-13/h4-5,7-10,15,18H,11H2,1-2H3,(H,23,25). The van der Waals surface area contributed by atoms with Gasteiger partial charge in [0.2, 0.25) is 5.91 Å². The molecule has 0 bridgehead atoms. The van der Waals surface area contributed by atoms with E-state index in [1.807, 2.05) is 0 Å². The number of nitrogens with zero attached hydrogens (tertiary/aromatic N) is 1. The van der Waals surface area contributed by atoms with E-state index in [4.69, 9.17) is 4.74 Å². The van der Waals surface area contributed by atoms with Crippen LogP contribution in [0.1, 0.15) is 29.7 Å². The van der Waals surface area contributed by atoms with Crippen LogP contribution < -0.4 is 10.1 Å². The molecular weight excluding hydrogens is 335 g/mol. The summed E-state index contributed by atoms with van der Waals surface area (Å²) in [5, 5.41) is 2.64. The molecule has 1 aliphatic heterocycles. The third kappa shape index (κ3) is 3.29. The molecule has 132 valence electrons. The fraction of sp³-hybridized carbons (Fsp3) is 0.250. The first-order valence-corrected chi connectivity index (χ1v) is 8.09. The van der Waals surface area contributed by atoms with Crippen LogP contribution in [0, 0.1) is 17.7 Å². The maximum absolute atomic E-state index is 14.7. The van der Waals surface area contributed by atoms with Gasteiger partial charge in [0.1, 0.15) is 17.5 Å². The molecule has 26 heavy (non-hydrogen) atoms. The number of carbonyl (C=O) groups excluding carboxylic acids is 2. The number of hydrogen-bond acceptors (Lipinski definition) is 4. The highest BCUT2D eigenvalue weighted by molar-refractivity contribution is 6.15. The van der Waals surface area contributed by atoms with Crippen molar-refractivity contribution in [2.45, 2.75) is 25.3 Å². The number of amides is 1. The minimum absolute atomic E-state index is 0.0554. The molecule has 2 atom stereocenters. The zero-order valence-electron chi connectivity index (χ0n) is 14.4. The van der Waals surface area contributed by atoms with E-state index in [9.17, 15) is 14.0 Å². The number of ether oxygens (including phenoxy) is 1. The second kappa shape index (κ2) is 7.36. The predicted octanol–water partition coefficient (Wildman–Crippen LogP) is 1.99. The molecule has 2 unspecified atom stereocenters. The molecule has 1 saturated heterocycles. The van der Waals surface area contributed by atoms with Gasteiger partial charge in [-0.2, -0.15) is 0 Å². The van der Waals surface area contributed by atoms with E-state index >= 15 is 0 Å². The van der Waals surface area contributed by atoms with E-state index in [0.717, 1.165) is 0 Å². The number of nitrogens with one attached hydrogen (secondary N) is 1. The molecule has 0 spiro atoms. The summed E-state index contributed by atoms with van der Waals surface area (Å²) in [5.74, 6) is 2.68. The third-order valence-corrected chi connectivity index (χ3v) is 4.22. The lowest BCUT2D eigenvalue weighted by molar-refractivity contribution is -0.124. The Labute approximate surface area is 150 Å². The van der Waals surface area contributed by atoms with Gasteiger partial charge in [-0.05, 0) is 31.2 Å². The fourth-order valence-corrected chi connectivity index (χ4v) is 3.07. The normalized spacial score (nSPS) is 18.9. The van der Waals surface area contributed by atoms with Crippen LogP contribution in [-0.2, 0) is 16.0 Å². The average molecular weight is 352 g/mol. The highest BCUT2D eigenvalue weighted by atomic mass is 19.1. The summed E-state index contributed by atoms with van der Waals surface area (Å²) in [7, 11) is 1.37. The highest BCUT2D eigenvalue weighted by Gasteiger charge is 2.44. The smallest absolute Gasteiger partial charge is 0.236 e. The fourth-order valence-electron chi connectivity index (χ4n) is 3.07. The monoisotopic (exact) mass is 352 g/mol. The minimum Gasteiger partial charge on any atom is -0.496 e. The number of rotatable bonds is 4. The summed E-state index contributed by atoms with van der Waals surface area (Å²) >= 11 is 0. The number of hydrogen-bond donors (Lipinski definition) is 1. The molecule has 1 fully saturated rings. The Kier molecular flexibility index (Phi) is 4.99. The number of Topliss-reactive ketones (excluding diaryl/α,β-unsaturated/α-hetero) is 1. The van der Waals surface area contributed by atoms with Crippen molar-refractivity contribution < 1.29 is 18.7 Å². The maximum atomic E-state index is 14.7. The van der Waals surface area contributed by atoms with Gasteiger partial charge >= 0.3 is 0 Å². The Morgan fingerprint density at radius 1 is 1.31 bits per heavy atom. The molecule has 1 N–H and O–H groups in total. The minimum atomic E-state index is -1.25. The number of pyridine rings is 1. The third-order valence-electron chi connectivity index (χ3n) is 4.22. The first-order valence-electron chi connectivity index (χ1n) is 8.09. The average Bonchev–Trinajstić information content (AvgIpc) is 2.89. The van der Waals surface area contributed by atoms with Gasteiger partial charge in [0.25, 0.3) is 0 Å². The van der Waals surface area contributed by atoms with Crippen molar-refractivity contribution in [1.82, 2.24) is 10.3 Å². The van der Waals surface area contributed by atoms with Crippen molar-refractivity contribution >= 4 is 11.7 Å². The van der Waals surface area contributed by atoms with E-state index in [1.165, 1.54) is 19.2 Å². The Bertz CT molecular complexity index is 916. The molecule has 0 saturated carbocycles. The van der Waals surface area contributed by atoms with Crippen LogP contribution in [0.15, 0.2) is 36.5 Å². The van der Waals surface area contributed by atoms with Crippen LogP contribution in [0.3, 0.4) is 0 Å². The van der Waals surface area contributed by atoms with E-state index in [-0.39, 0.29) is 17.7 Å². The topological polar surface area (TPSA) is 68.3 Å². The molecular formula is C20H17FN2O3. The van der Waals surface area contributed by atoms with Crippen molar-refractivity contribution in [3.8, 4) is 17.6 Å². The first kappa shape index (κ1) is 17.6. The molecule has 1 aromatic carbocycles. The van der Waals surface area contributed by atoms with Crippen molar-refractivity contribution in [1.29, 1.82) is 0 Å². The molecule has 0 aliphatic carbocycles. The Hall–Kier alpha value is -3.20. The summed E-state index contributed by atoms with van der Waals surface area (Å²) in [6.07, 6.45) is 1.87. The van der Waals surface area contributed by atoms with Crippen molar-refractivity contribution in [3.05, 3.63) is 59.2 Å². The molecule has 1 aliphatic rings. The van der Waals surface area contributed by atoms with Crippen LogP contribution in [0.4, 0.5) is 4.39 Å². The predicted molar refractivity (Wildman–Crippen MR) is 93.1 cm³/mol. The van der Waals surface area contributed by atoms with Crippen LogP contribution in [0.2, 0.25) is 0 Å². The van der Waals surface area contributed by atoms with Gasteiger partial charge in [-0.15, -0.1) is 5.92 Å². The van der Waals surface area contributed by atoms with Crippen LogP contribution in [-0.4, -0.2) is 29.8 Å². The summed E-state index contributed by atoms with van der Waals surface area (Å²) in [5.41, 5.74) is 1.04. The van der Waals surface area contributed by atoms with E-state index in [0.29, 0.717) is 11.3 Å². The molecule has 3 rings (SSSR count). The molecule has 1 amide bonds. The quantitative estimate of drug-likeness (QED) is 0.675. The molecule has 6 heteroatoms. The summed E-state index contributed by atoms with van der Waals surface area (Å²) < 4.78 is 19.9. The highest BCUT2D eigenvalue weighted by Crippen LogP contribution is 2.35. The maximum Gasteiger partial charge on any atom is 0.236 e. The molecule has 1 aromatic heterocycles. The Morgan fingerprint density at radius 3 is 2.77 bits per heavy atom. The van der Waals surface area contributed by atoms with E-state index in [1.54, 1.807) is 31.3 Å². The molecule has 2 aromatic rings. The number of ketones is 1. The number of methoxy groups -OCH3 is 1. The van der Waals surface area contributed by atoms with Crippen molar-refractivity contribution in [3.63, 3.8) is 0 Å². The lowest BCUT2D eigenvalue weighted by Gasteiger charge is -2.14. The van der Waals surface area contributed by atoms with Gasteiger partial charge < -0.3 is 10.1 Å². The van der Waals surface area contributed by atoms with Crippen LogP contribution in [0.25, 0.3) is 0 Å². The molecule has 0 radical (unpaired) electrons. The number of aromatic nitrogens is 1. The Morgan fingerprint density at radius 2 is 2.12 bits per heavy atom. The number of halogens is 1. The first-order chi connectivity index (χ1) is 12.5. The Balaban J connectivity index is 1.95. The lowest BCUT2D eigenvalue weighted by Crippen LogP contribution is -2.31. The summed E-state index contributed by atoms with van der Waals surface area (Å²) in [6.45, 7) is 1.63. The number of carbonyl (C=O) groups is 2.